The molecule has 2 amide bonds. The van der Waals surface area contributed by atoms with Crippen molar-refractivity contribution in [2.45, 2.75) is 20.8 Å². The largest absolute Gasteiger partial charge is 0.325 e. The highest BCUT2D eigenvalue weighted by Gasteiger charge is 2.12. The smallest absolute Gasteiger partial charge is 0.321 e. The van der Waals surface area contributed by atoms with Crippen LogP contribution in [0.15, 0.2) is 24.3 Å². The van der Waals surface area contributed by atoms with Gasteiger partial charge in [0, 0.05) is 18.7 Å². The highest BCUT2D eigenvalue weighted by molar-refractivity contribution is 6.03. The second-order valence-corrected chi connectivity index (χ2v) is 3.70. The van der Waals surface area contributed by atoms with E-state index < -0.39 is 0 Å². The number of urea groups is 1. The summed E-state index contributed by atoms with van der Waals surface area (Å²) in [5.74, 6) is -0.0551. The fourth-order valence-electron chi connectivity index (χ4n) is 1.60. The third-order valence-corrected chi connectivity index (χ3v) is 2.60. The highest BCUT2D eigenvalue weighted by Crippen LogP contribution is 2.16. The average molecular weight is 234 g/mol. The van der Waals surface area contributed by atoms with Gasteiger partial charge in [-0.15, -0.1) is 0 Å². The third-order valence-electron chi connectivity index (χ3n) is 2.60. The number of carbonyl (C=O) groups excluding carboxylic acids is 2. The minimum atomic E-state index is -0.177. The Labute approximate surface area is 102 Å². The van der Waals surface area contributed by atoms with Gasteiger partial charge in [-0.2, -0.15) is 0 Å². The van der Waals surface area contributed by atoms with Crippen molar-refractivity contribution < 1.29 is 9.59 Å². The van der Waals surface area contributed by atoms with Crippen LogP contribution in [0.1, 0.15) is 31.1 Å². The number of hydrogen-bond acceptors (Lipinski definition) is 2. The van der Waals surface area contributed by atoms with Crippen molar-refractivity contribution in [2.24, 2.45) is 0 Å². The van der Waals surface area contributed by atoms with E-state index in [1.54, 1.807) is 29.2 Å². The first kappa shape index (κ1) is 13.2. The summed E-state index contributed by atoms with van der Waals surface area (Å²) < 4.78 is 0. The molecule has 0 aliphatic heterocycles. The van der Waals surface area contributed by atoms with Crippen LogP contribution in [0, 0.1) is 0 Å². The lowest BCUT2D eigenvalue weighted by molar-refractivity contribution is 0.101. The molecule has 0 aliphatic carbocycles. The molecule has 0 saturated carbocycles. The van der Waals surface area contributed by atoms with Crippen molar-refractivity contribution >= 4 is 17.5 Å². The van der Waals surface area contributed by atoms with Crippen molar-refractivity contribution in [1.29, 1.82) is 0 Å². The van der Waals surface area contributed by atoms with E-state index in [-0.39, 0.29) is 11.8 Å². The Bertz CT molecular complexity index is 412. The molecule has 0 saturated heterocycles. The monoisotopic (exact) mass is 234 g/mol. The molecule has 0 spiro atoms. The van der Waals surface area contributed by atoms with Crippen LogP contribution < -0.4 is 5.32 Å². The van der Waals surface area contributed by atoms with Gasteiger partial charge in [0.1, 0.15) is 0 Å². The van der Waals surface area contributed by atoms with Crippen LogP contribution in [0.5, 0.6) is 0 Å². The molecule has 1 aromatic carbocycles. The molecule has 0 heterocycles. The minimum absolute atomic E-state index is 0.0551. The Morgan fingerprint density at radius 1 is 1.18 bits per heavy atom. The zero-order chi connectivity index (χ0) is 12.8. The molecule has 17 heavy (non-hydrogen) atoms. The zero-order valence-corrected chi connectivity index (χ0v) is 10.5. The van der Waals surface area contributed by atoms with E-state index in [4.69, 9.17) is 0 Å². The van der Waals surface area contributed by atoms with Gasteiger partial charge in [0.15, 0.2) is 5.78 Å². The quantitative estimate of drug-likeness (QED) is 0.814. The molecule has 0 atom stereocenters. The van der Waals surface area contributed by atoms with Gasteiger partial charge < -0.3 is 10.2 Å². The Morgan fingerprint density at radius 3 is 2.29 bits per heavy atom. The van der Waals surface area contributed by atoms with Crippen molar-refractivity contribution in [2.75, 3.05) is 18.4 Å². The van der Waals surface area contributed by atoms with Crippen molar-refractivity contribution in [1.82, 2.24) is 4.90 Å². The van der Waals surface area contributed by atoms with Crippen LogP contribution in [-0.2, 0) is 0 Å². The minimum Gasteiger partial charge on any atom is -0.325 e. The number of hydrogen-bond donors (Lipinski definition) is 1. The first-order valence-electron chi connectivity index (χ1n) is 5.76. The molecule has 1 aromatic rings. The molecule has 92 valence electrons. The van der Waals surface area contributed by atoms with E-state index in [1.807, 2.05) is 13.8 Å². The number of nitrogens with one attached hydrogen (secondary N) is 1. The van der Waals surface area contributed by atoms with Crippen molar-refractivity contribution in [3.8, 4) is 0 Å². The van der Waals surface area contributed by atoms with Gasteiger partial charge in [0.2, 0.25) is 0 Å². The number of Topliss-reactive ketones (excluding diaryl/α,β-unsaturated/α-hetero) is 1. The lowest BCUT2D eigenvalue weighted by atomic mass is 10.1. The molecular formula is C13H18N2O2. The Morgan fingerprint density at radius 2 is 1.76 bits per heavy atom. The van der Waals surface area contributed by atoms with E-state index in [0.717, 1.165) is 0 Å². The maximum atomic E-state index is 11.9. The molecule has 0 unspecified atom stereocenters. The van der Waals surface area contributed by atoms with Gasteiger partial charge >= 0.3 is 6.03 Å². The van der Waals surface area contributed by atoms with Gasteiger partial charge in [-0.25, -0.2) is 4.79 Å². The summed E-state index contributed by atoms with van der Waals surface area (Å²) in [6.45, 7) is 6.61. The Hall–Kier alpha value is -1.84. The predicted molar refractivity (Wildman–Crippen MR) is 68.4 cm³/mol. The number of carbonyl (C=O) groups is 2. The van der Waals surface area contributed by atoms with Gasteiger partial charge in [-0.3, -0.25) is 4.79 Å². The number of ketones is 1. The molecule has 0 bridgehead atoms. The number of anilines is 1. The van der Waals surface area contributed by atoms with Crippen LogP contribution in [0.4, 0.5) is 10.5 Å². The fourth-order valence-corrected chi connectivity index (χ4v) is 1.60. The lowest BCUT2D eigenvalue weighted by Crippen LogP contribution is -2.34. The zero-order valence-electron chi connectivity index (χ0n) is 10.5. The molecule has 0 fully saturated rings. The molecule has 4 nitrogen and oxygen atoms in total. The molecule has 1 rings (SSSR count). The van der Waals surface area contributed by atoms with Crippen LogP contribution >= 0.6 is 0 Å². The summed E-state index contributed by atoms with van der Waals surface area (Å²) in [5.41, 5.74) is 1.10. The molecule has 0 aliphatic rings. The summed E-state index contributed by atoms with van der Waals surface area (Å²) >= 11 is 0. The van der Waals surface area contributed by atoms with Crippen LogP contribution in [0.3, 0.4) is 0 Å². The summed E-state index contributed by atoms with van der Waals surface area (Å²) in [4.78, 5) is 24.9. The number of amides is 2. The number of benzene rings is 1. The van der Waals surface area contributed by atoms with Gasteiger partial charge in [-0.1, -0.05) is 12.1 Å². The first-order chi connectivity index (χ1) is 8.10. The summed E-state index contributed by atoms with van der Waals surface area (Å²) in [5, 5.41) is 2.76. The van der Waals surface area contributed by atoms with Crippen molar-refractivity contribution in [3.05, 3.63) is 29.8 Å². The van der Waals surface area contributed by atoms with E-state index in [2.05, 4.69) is 5.32 Å². The lowest BCUT2D eigenvalue weighted by Gasteiger charge is -2.20. The first-order valence-corrected chi connectivity index (χ1v) is 5.76. The van der Waals surface area contributed by atoms with E-state index in [1.165, 1.54) is 6.92 Å². The van der Waals surface area contributed by atoms with Crippen LogP contribution in [0.2, 0.25) is 0 Å². The predicted octanol–water partition coefficient (Wildman–Crippen LogP) is 2.76. The molecule has 0 radical (unpaired) electrons. The average Bonchev–Trinajstić information content (AvgIpc) is 2.31. The SMILES string of the molecule is CCN(CC)C(=O)Nc1ccccc1C(C)=O. The van der Waals surface area contributed by atoms with Crippen molar-refractivity contribution in [3.63, 3.8) is 0 Å². The maximum Gasteiger partial charge on any atom is 0.321 e. The number of rotatable bonds is 4. The number of para-hydroxylation sites is 1. The molecular weight excluding hydrogens is 216 g/mol. The molecule has 0 aromatic heterocycles. The highest BCUT2D eigenvalue weighted by atomic mass is 16.2. The number of nitrogens with zero attached hydrogens (tertiary/aromatic N) is 1. The Kier molecular flexibility index (Phi) is 4.69. The summed E-state index contributed by atoms with van der Waals surface area (Å²) in [6, 6.07) is 6.84. The van der Waals surface area contributed by atoms with Gasteiger partial charge in [0.05, 0.1) is 5.69 Å². The normalized spacial score (nSPS) is 9.82. The van der Waals surface area contributed by atoms with Gasteiger partial charge in [-0.05, 0) is 32.9 Å². The second kappa shape index (κ2) is 6.03. The summed E-state index contributed by atoms with van der Waals surface area (Å²) in [6.07, 6.45) is 0. The Balaban J connectivity index is 2.88. The maximum absolute atomic E-state index is 11.9. The van der Waals surface area contributed by atoms with E-state index in [9.17, 15) is 9.59 Å². The standard InChI is InChI=1S/C13H18N2O2/c1-4-15(5-2)13(17)14-12-9-7-6-8-11(12)10(3)16/h6-9H,4-5H2,1-3H3,(H,14,17). The molecule has 4 heteroatoms. The van der Waals surface area contributed by atoms with Crippen LogP contribution in [0.25, 0.3) is 0 Å². The second-order valence-electron chi connectivity index (χ2n) is 3.70. The van der Waals surface area contributed by atoms with E-state index >= 15 is 0 Å². The molecule has 1 N–H and O–H groups in total. The third kappa shape index (κ3) is 3.31. The topological polar surface area (TPSA) is 49.4 Å². The van der Waals surface area contributed by atoms with E-state index in [0.29, 0.717) is 24.3 Å². The van der Waals surface area contributed by atoms with Crippen LogP contribution in [-0.4, -0.2) is 29.8 Å². The summed E-state index contributed by atoms with van der Waals surface area (Å²) in [7, 11) is 0. The fraction of sp³-hybridized carbons (Fsp3) is 0.385. The van der Waals surface area contributed by atoms with Gasteiger partial charge in [0.25, 0.3) is 0 Å².